The number of aromatic nitrogens is 2. The smallest absolute Gasteiger partial charge is 0.311 e. The molecule has 0 aliphatic heterocycles. The molecule has 0 bridgehead atoms. The quantitative estimate of drug-likeness (QED) is 0.642. The van der Waals surface area contributed by atoms with Gasteiger partial charge in [-0.15, -0.1) is 10.2 Å². The lowest BCUT2D eigenvalue weighted by Gasteiger charge is -2.07. The number of rotatable bonds is 5. The van der Waals surface area contributed by atoms with Crippen molar-refractivity contribution in [3.63, 3.8) is 0 Å². The average Bonchev–Trinajstić information content (AvgIpc) is 2.87. The zero-order valence-electron chi connectivity index (χ0n) is 10.2. The fraction of sp³-hybridized carbons (Fsp3) is 0.273. The number of nitrogens with two attached hydrogens (primary N) is 1. The van der Waals surface area contributed by atoms with Crippen LogP contribution in [0.1, 0.15) is 12.8 Å². The van der Waals surface area contributed by atoms with Crippen molar-refractivity contribution in [2.24, 2.45) is 5.73 Å². The Bertz CT molecular complexity index is 596. The van der Waals surface area contributed by atoms with E-state index in [1.807, 2.05) is 0 Å². The van der Waals surface area contributed by atoms with Crippen molar-refractivity contribution < 1.29 is 14.1 Å². The van der Waals surface area contributed by atoms with Crippen LogP contribution in [-0.4, -0.2) is 21.7 Å². The Labute approximate surface area is 108 Å². The van der Waals surface area contributed by atoms with Crippen LogP contribution in [0, 0.1) is 10.1 Å². The second-order valence-electron chi connectivity index (χ2n) is 3.55. The van der Waals surface area contributed by atoms with E-state index >= 15 is 0 Å². The first kappa shape index (κ1) is 13.0. The van der Waals surface area contributed by atoms with Gasteiger partial charge < -0.3 is 14.9 Å². The van der Waals surface area contributed by atoms with E-state index in [1.54, 1.807) is 13.0 Å². The highest BCUT2D eigenvalue weighted by molar-refractivity contribution is 5.69. The highest BCUT2D eigenvalue weighted by Crippen LogP contribution is 2.37. The van der Waals surface area contributed by atoms with Gasteiger partial charge in [-0.3, -0.25) is 10.1 Å². The van der Waals surface area contributed by atoms with Crippen molar-refractivity contribution in [1.82, 2.24) is 10.2 Å². The maximum atomic E-state index is 11.0. The summed E-state index contributed by atoms with van der Waals surface area (Å²) in [6.07, 6.45) is 0. The summed E-state index contributed by atoms with van der Waals surface area (Å²) in [5.74, 6) is 0.513. The second-order valence-corrected chi connectivity index (χ2v) is 3.55. The lowest BCUT2D eigenvalue weighted by molar-refractivity contribution is -0.385. The van der Waals surface area contributed by atoms with Crippen LogP contribution in [0.4, 0.5) is 5.69 Å². The van der Waals surface area contributed by atoms with Crippen LogP contribution in [0.15, 0.2) is 22.6 Å². The van der Waals surface area contributed by atoms with Crippen LogP contribution >= 0.6 is 0 Å². The van der Waals surface area contributed by atoms with Crippen LogP contribution in [0.25, 0.3) is 11.5 Å². The minimum Gasteiger partial charge on any atom is -0.487 e. The van der Waals surface area contributed by atoms with Crippen molar-refractivity contribution in [2.75, 3.05) is 6.61 Å². The summed E-state index contributed by atoms with van der Waals surface area (Å²) >= 11 is 0. The van der Waals surface area contributed by atoms with Crippen molar-refractivity contribution in [3.05, 3.63) is 34.2 Å². The van der Waals surface area contributed by atoms with Crippen molar-refractivity contribution in [1.29, 1.82) is 0 Å². The number of hydrogen-bond donors (Lipinski definition) is 1. The molecular weight excluding hydrogens is 252 g/mol. The molecule has 19 heavy (non-hydrogen) atoms. The number of nitro groups is 1. The third-order valence-electron chi connectivity index (χ3n) is 2.35. The van der Waals surface area contributed by atoms with Gasteiger partial charge >= 0.3 is 5.69 Å². The van der Waals surface area contributed by atoms with Gasteiger partial charge in [-0.25, -0.2) is 0 Å². The molecule has 100 valence electrons. The van der Waals surface area contributed by atoms with Gasteiger partial charge in [0.1, 0.15) is 0 Å². The molecule has 0 amide bonds. The SMILES string of the molecule is CCOc1c(-c2nnc(CN)o2)cccc1[N+](=O)[O-]. The number of benzene rings is 1. The Morgan fingerprint density at radius 3 is 2.84 bits per heavy atom. The molecule has 1 aromatic heterocycles. The summed E-state index contributed by atoms with van der Waals surface area (Å²) < 4.78 is 10.6. The van der Waals surface area contributed by atoms with E-state index in [2.05, 4.69) is 10.2 Å². The zero-order valence-corrected chi connectivity index (χ0v) is 10.2. The molecule has 2 rings (SSSR count). The maximum absolute atomic E-state index is 11.0. The molecule has 8 nitrogen and oxygen atoms in total. The lowest BCUT2D eigenvalue weighted by Crippen LogP contribution is -1.99. The normalized spacial score (nSPS) is 10.4. The average molecular weight is 264 g/mol. The van der Waals surface area contributed by atoms with Crippen LogP contribution in [0.3, 0.4) is 0 Å². The third-order valence-corrected chi connectivity index (χ3v) is 2.35. The molecular formula is C11H12N4O4. The highest BCUT2D eigenvalue weighted by Gasteiger charge is 2.22. The van der Waals surface area contributed by atoms with Gasteiger partial charge in [-0.05, 0) is 13.0 Å². The molecule has 2 aromatic rings. The van der Waals surface area contributed by atoms with E-state index < -0.39 is 4.92 Å². The van der Waals surface area contributed by atoms with Crippen molar-refractivity contribution in [3.8, 4) is 17.2 Å². The van der Waals surface area contributed by atoms with Gasteiger partial charge in [0.2, 0.25) is 11.6 Å². The molecule has 0 radical (unpaired) electrons. The zero-order chi connectivity index (χ0) is 13.8. The van der Waals surface area contributed by atoms with Crippen LogP contribution in [-0.2, 0) is 6.54 Å². The summed E-state index contributed by atoms with van der Waals surface area (Å²) in [4.78, 5) is 10.5. The molecule has 0 fully saturated rings. The maximum Gasteiger partial charge on any atom is 0.311 e. The van der Waals surface area contributed by atoms with Gasteiger partial charge in [0.25, 0.3) is 5.89 Å². The Kier molecular flexibility index (Phi) is 3.71. The first-order valence-corrected chi connectivity index (χ1v) is 5.60. The van der Waals surface area contributed by atoms with Crippen molar-refractivity contribution in [2.45, 2.75) is 13.5 Å². The number of nitrogens with zero attached hydrogens (tertiary/aromatic N) is 3. The number of hydrogen-bond acceptors (Lipinski definition) is 7. The standard InChI is InChI=1S/C11H12N4O4/c1-2-18-10-7(4-3-5-8(10)15(16)17)11-14-13-9(6-12)19-11/h3-5H,2,6,12H2,1H3. The molecule has 8 heteroatoms. The lowest BCUT2D eigenvalue weighted by atomic mass is 10.1. The summed E-state index contributed by atoms with van der Waals surface area (Å²) in [5.41, 5.74) is 5.61. The molecule has 0 unspecified atom stereocenters. The number of nitro benzene ring substituents is 1. The van der Waals surface area contributed by atoms with Crippen LogP contribution < -0.4 is 10.5 Å². The van der Waals surface area contributed by atoms with E-state index in [0.29, 0.717) is 5.56 Å². The minimum absolute atomic E-state index is 0.103. The Balaban J connectivity index is 2.55. The summed E-state index contributed by atoms with van der Waals surface area (Å²) in [5, 5.41) is 18.5. The Hall–Kier alpha value is -2.48. The summed E-state index contributed by atoms with van der Waals surface area (Å²) in [7, 11) is 0. The van der Waals surface area contributed by atoms with Gasteiger partial charge in [-0.2, -0.15) is 0 Å². The Morgan fingerprint density at radius 2 is 2.26 bits per heavy atom. The van der Waals surface area contributed by atoms with Crippen LogP contribution in [0.5, 0.6) is 5.75 Å². The van der Waals surface area contributed by atoms with Gasteiger partial charge in [-0.1, -0.05) is 6.07 Å². The molecule has 2 N–H and O–H groups in total. The highest BCUT2D eigenvalue weighted by atomic mass is 16.6. The van der Waals surface area contributed by atoms with E-state index in [0.717, 1.165) is 0 Å². The number of para-hydroxylation sites is 1. The largest absolute Gasteiger partial charge is 0.487 e. The third kappa shape index (κ3) is 2.52. The first-order chi connectivity index (χ1) is 9.17. The van der Waals surface area contributed by atoms with Gasteiger partial charge in [0, 0.05) is 6.07 Å². The fourth-order valence-electron chi connectivity index (χ4n) is 1.58. The summed E-state index contributed by atoms with van der Waals surface area (Å²) in [6, 6.07) is 4.50. The van der Waals surface area contributed by atoms with Gasteiger partial charge in [0.15, 0.2) is 0 Å². The van der Waals surface area contributed by atoms with Gasteiger partial charge in [0.05, 0.1) is 23.6 Å². The molecule has 0 aliphatic rings. The molecule has 0 saturated heterocycles. The van der Waals surface area contributed by atoms with E-state index in [1.165, 1.54) is 12.1 Å². The predicted octanol–water partition coefficient (Wildman–Crippen LogP) is 1.50. The number of ether oxygens (including phenoxy) is 1. The Morgan fingerprint density at radius 1 is 1.47 bits per heavy atom. The molecule has 0 atom stereocenters. The molecule has 0 spiro atoms. The second kappa shape index (κ2) is 5.44. The van der Waals surface area contributed by atoms with E-state index in [9.17, 15) is 10.1 Å². The summed E-state index contributed by atoms with van der Waals surface area (Å²) in [6.45, 7) is 2.13. The monoisotopic (exact) mass is 264 g/mol. The first-order valence-electron chi connectivity index (χ1n) is 5.60. The fourth-order valence-corrected chi connectivity index (χ4v) is 1.58. The molecule has 0 saturated carbocycles. The van der Waals surface area contributed by atoms with E-state index in [4.69, 9.17) is 14.9 Å². The van der Waals surface area contributed by atoms with Crippen molar-refractivity contribution >= 4 is 5.69 Å². The molecule has 1 heterocycles. The molecule has 1 aromatic carbocycles. The predicted molar refractivity (Wildman–Crippen MR) is 65.4 cm³/mol. The van der Waals surface area contributed by atoms with Crippen LogP contribution in [0.2, 0.25) is 0 Å². The molecule has 0 aliphatic carbocycles. The van der Waals surface area contributed by atoms with E-state index in [-0.39, 0.29) is 36.4 Å². The topological polar surface area (TPSA) is 117 Å². The minimum atomic E-state index is -0.519.